The predicted molar refractivity (Wildman–Crippen MR) is 192 cm³/mol. The fourth-order valence-electron chi connectivity index (χ4n) is 8.01. The van der Waals surface area contributed by atoms with Gasteiger partial charge in [0.1, 0.15) is 0 Å². The first kappa shape index (κ1) is 26.6. The van der Waals surface area contributed by atoms with Crippen LogP contribution in [0.3, 0.4) is 0 Å². The molecule has 0 aliphatic heterocycles. The summed E-state index contributed by atoms with van der Waals surface area (Å²) in [6.07, 6.45) is 0. The van der Waals surface area contributed by atoms with Gasteiger partial charge in [-0.1, -0.05) is 113 Å². The molecule has 7 aromatic rings. The van der Waals surface area contributed by atoms with Gasteiger partial charge in [-0.15, -0.1) is 11.3 Å². The van der Waals surface area contributed by atoms with Crippen LogP contribution < -0.4 is 5.43 Å². The van der Waals surface area contributed by atoms with E-state index in [1.54, 1.807) is 11.3 Å². The number of hydrogen-bond donors (Lipinski definition) is 0. The normalized spacial score (nSPS) is 15.1. The van der Waals surface area contributed by atoms with Crippen LogP contribution in [0.4, 0.5) is 0 Å². The van der Waals surface area contributed by atoms with Gasteiger partial charge in [0.05, 0.1) is 0 Å². The maximum Gasteiger partial charge on any atom is 0.195 e. The zero-order valence-corrected chi connectivity index (χ0v) is 26.7. The van der Waals surface area contributed by atoms with Crippen LogP contribution in [0.5, 0.6) is 0 Å². The van der Waals surface area contributed by atoms with Crippen LogP contribution in [0, 0.1) is 0 Å². The van der Waals surface area contributed by atoms with Crippen LogP contribution in [0.25, 0.3) is 64.7 Å². The highest BCUT2D eigenvalue weighted by atomic mass is 32.1. The molecule has 2 heteroatoms. The first-order chi connectivity index (χ1) is 21.7. The Hall–Kier alpha value is -4.79. The van der Waals surface area contributed by atoms with Crippen LogP contribution >= 0.6 is 11.3 Å². The summed E-state index contributed by atoms with van der Waals surface area (Å²) in [4.78, 5) is 14.1. The molecule has 0 bridgehead atoms. The number of hydrogen-bond acceptors (Lipinski definition) is 2. The smallest absolute Gasteiger partial charge is 0.195 e. The molecule has 0 saturated carbocycles. The van der Waals surface area contributed by atoms with E-state index in [0.717, 1.165) is 42.4 Å². The second kappa shape index (κ2) is 9.12. The van der Waals surface area contributed by atoms with Gasteiger partial charge in [-0.05, 0) is 103 Å². The van der Waals surface area contributed by atoms with E-state index in [0.29, 0.717) is 0 Å². The third-order valence-corrected chi connectivity index (χ3v) is 11.7. The van der Waals surface area contributed by atoms with Crippen molar-refractivity contribution < 1.29 is 0 Å². The Bertz CT molecular complexity index is 2290. The molecule has 216 valence electrons. The third kappa shape index (κ3) is 3.70. The molecule has 0 radical (unpaired) electrons. The Morgan fingerprint density at radius 1 is 0.422 bits per heavy atom. The van der Waals surface area contributed by atoms with Gasteiger partial charge in [0, 0.05) is 31.0 Å². The van der Waals surface area contributed by atoms with Crippen LogP contribution in [0.15, 0.2) is 126 Å². The lowest BCUT2D eigenvalue weighted by atomic mass is 9.82. The first-order valence-electron chi connectivity index (χ1n) is 15.7. The van der Waals surface area contributed by atoms with Gasteiger partial charge in [0.25, 0.3) is 0 Å². The Morgan fingerprint density at radius 3 is 1.27 bits per heavy atom. The average Bonchev–Trinajstić information content (AvgIpc) is 3.44. The van der Waals surface area contributed by atoms with E-state index in [2.05, 4.69) is 149 Å². The molecule has 0 spiro atoms. The van der Waals surface area contributed by atoms with Crippen molar-refractivity contribution in [1.29, 1.82) is 0 Å². The van der Waals surface area contributed by atoms with Crippen molar-refractivity contribution in [2.75, 3.05) is 0 Å². The summed E-state index contributed by atoms with van der Waals surface area (Å²) in [5.74, 6) is 0. The van der Waals surface area contributed by atoms with Gasteiger partial charge in [0.2, 0.25) is 0 Å². The number of fused-ring (bicyclic) bond motifs is 8. The van der Waals surface area contributed by atoms with Gasteiger partial charge in [-0.25, -0.2) is 0 Å². The maximum absolute atomic E-state index is 14.1. The molecule has 0 amide bonds. The van der Waals surface area contributed by atoms with Crippen molar-refractivity contribution in [2.24, 2.45) is 0 Å². The lowest BCUT2D eigenvalue weighted by Gasteiger charge is -2.21. The van der Waals surface area contributed by atoms with Crippen molar-refractivity contribution in [2.45, 2.75) is 38.5 Å². The fourth-order valence-corrected chi connectivity index (χ4v) is 9.05. The van der Waals surface area contributed by atoms with Crippen molar-refractivity contribution in [1.82, 2.24) is 0 Å². The van der Waals surface area contributed by atoms with E-state index in [4.69, 9.17) is 0 Å². The van der Waals surface area contributed by atoms with Crippen LogP contribution in [0.1, 0.15) is 49.9 Å². The maximum atomic E-state index is 14.1. The largest absolute Gasteiger partial charge is 0.289 e. The van der Waals surface area contributed by atoms with Crippen LogP contribution in [-0.2, 0) is 10.8 Å². The van der Waals surface area contributed by atoms with Crippen molar-refractivity contribution in [3.63, 3.8) is 0 Å². The van der Waals surface area contributed by atoms with E-state index < -0.39 is 0 Å². The summed E-state index contributed by atoms with van der Waals surface area (Å²) in [6.45, 7) is 9.22. The zero-order valence-electron chi connectivity index (χ0n) is 25.9. The second-order valence-corrected chi connectivity index (χ2v) is 14.8. The fraction of sp³-hybridized carbons (Fsp3) is 0.140. The molecule has 0 fully saturated rings. The van der Waals surface area contributed by atoms with Gasteiger partial charge in [-0.2, -0.15) is 0 Å². The Morgan fingerprint density at radius 2 is 0.800 bits per heavy atom. The molecule has 1 aromatic heterocycles. The van der Waals surface area contributed by atoms with Crippen molar-refractivity contribution in [3.05, 3.63) is 154 Å². The summed E-state index contributed by atoms with van der Waals surface area (Å²) < 4.78 is 2.04. The molecule has 0 N–H and O–H groups in total. The summed E-state index contributed by atoms with van der Waals surface area (Å²) >= 11 is 1.69. The van der Waals surface area contributed by atoms with Gasteiger partial charge in [-0.3, -0.25) is 4.79 Å². The quantitative estimate of drug-likeness (QED) is 0.181. The highest BCUT2D eigenvalue weighted by Gasteiger charge is 2.36. The molecule has 0 atom stereocenters. The molecular weight excluding hydrogens is 565 g/mol. The Kier molecular flexibility index (Phi) is 5.39. The van der Waals surface area contributed by atoms with E-state index in [9.17, 15) is 4.79 Å². The van der Waals surface area contributed by atoms with E-state index >= 15 is 0 Å². The molecule has 0 unspecified atom stereocenters. The highest BCUT2D eigenvalue weighted by Crippen LogP contribution is 2.51. The standard InChI is InChI=1S/C43H32OS/c1-42(2)35-11-7-5-9-29(35)31-21-25(13-17-37(31)42)27-15-19-39-33(23-27)41(44)34-24-28(16-20-40(34)45-39)26-14-18-38-32(22-26)30-10-6-8-12-36(30)43(38,3)4/h5-24H,1-4H3. The molecule has 45 heavy (non-hydrogen) atoms. The van der Waals surface area contributed by atoms with Crippen molar-refractivity contribution in [3.8, 4) is 44.5 Å². The SMILES string of the molecule is CC1(C)c2ccccc2-c2cc(-c3ccc4sc5ccc(-c6ccc7c(c6)-c6ccccc6C7(C)C)cc5c(=O)c4c3)ccc21. The number of rotatable bonds is 2. The molecule has 2 aliphatic rings. The lowest BCUT2D eigenvalue weighted by Crippen LogP contribution is -2.14. The second-order valence-electron chi connectivity index (χ2n) is 13.7. The topological polar surface area (TPSA) is 17.1 Å². The van der Waals surface area contributed by atoms with Gasteiger partial charge in [0.15, 0.2) is 5.43 Å². The molecule has 0 saturated heterocycles. The van der Waals surface area contributed by atoms with Crippen molar-refractivity contribution >= 4 is 31.5 Å². The van der Waals surface area contributed by atoms with Crippen LogP contribution in [0.2, 0.25) is 0 Å². The molecule has 1 nitrogen and oxygen atoms in total. The van der Waals surface area contributed by atoms with Gasteiger partial charge >= 0.3 is 0 Å². The minimum atomic E-state index is -0.0211. The van der Waals surface area contributed by atoms with Gasteiger partial charge < -0.3 is 0 Å². The summed E-state index contributed by atoms with van der Waals surface area (Å²) in [6, 6.07) is 43.8. The molecule has 1 heterocycles. The van der Waals surface area contributed by atoms with E-state index in [1.807, 2.05) is 0 Å². The molecule has 2 aliphatic carbocycles. The minimum Gasteiger partial charge on any atom is -0.289 e. The average molecular weight is 597 g/mol. The predicted octanol–water partition coefficient (Wildman–Crippen LogP) is 11.4. The Balaban J connectivity index is 1.16. The molecule has 6 aromatic carbocycles. The monoisotopic (exact) mass is 596 g/mol. The zero-order chi connectivity index (χ0) is 30.7. The third-order valence-electron chi connectivity index (χ3n) is 10.5. The molecule has 9 rings (SSSR count). The van der Waals surface area contributed by atoms with Crippen LogP contribution in [-0.4, -0.2) is 0 Å². The first-order valence-corrected chi connectivity index (χ1v) is 16.5. The summed E-state index contributed by atoms with van der Waals surface area (Å²) in [5, 5.41) is 1.57. The number of benzene rings is 6. The lowest BCUT2D eigenvalue weighted by molar-refractivity contribution is 0.660. The van der Waals surface area contributed by atoms with E-state index in [1.165, 1.54) is 44.5 Å². The highest BCUT2D eigenvalue weighted by molar-refractivity contribution is 7.24. The Labute approximate surface area is 267 Å². The minimum absolute atomic E-state index is 0.0211. The summed E-state index contributed by atoms with van der Waals surface area (Å²) in [7, 11) is 0. The summed E-state index contributed by atoms with van der Waals surface area (Å²) in [5.41, 5.74) is 15.2. The van der Waals surface area contributed by atoms with E-state index in [-0.39, 0.29) is 16.3 Å². The molecular formula is C43H32OS.